The van der Waals surface area contributed by atoms with Gasteiger partial charge in [0.05, 0.1) is 17.2 Å². The van der Waals surface area contributed by atoms with Gasteiger partial charge in [0.25, 0.3) is 0 Å². The third-order valence-electron chi connectivity index (χ3n) is 3.95. The van der Waals surface area contributed by atoms with Gasteiger partial charge in [-0.25, -0.2) is 4.79 Å². The number of carbonyl (C=O) groups excluding carboxylic acids is 1. The molecule has 0 spiro atoms. The van der Waals surface area contributed by atoms with Crippen LogP contribution < -0.4 is 4.74 Å². The normalized spacial score (nSPS) is 11.2. The number of ether oxygens (including phenoxy) is 1. The molecule has 0 aliphatic heterocycles. The molecule has 0 saturated heterocycles. The van der Waals surface area contributed by atoms with E-state index in [4.69, 9.17) is 16.3 Å². The van der Waals surface area contributed by atoms with E-state index in [1.54, 1.807) is 26.0 Å². The largest absolute Gasteiger partial charge is 0.507 e. The molecule has 27 heavy (non-hydrogen) atoms. The fraction of sp³-hybridized carbons (Fsp3) is 0.238. The second kappa shape index (κ2) is 8.27. The van der Waals surface area contributed by atoms with E-state index in [1.165, 1.54) is 24.3 Å². The molecule has 2 rings (SSSR count). The van der Waals surface area contributed by atoms with Gasteiger partial charge in [0.15, 0.2) is 5.78 Å². The van der Waals surface area contributed by atoms with Gasteiger partial charge in [0.2, 0.25) is 0 Å². The summed E-state index contributed by atoms with van der Waals surface area (Å²) in [4.78, 5) is 23.9. The summed E-state index contributed by atoms with van der Waals surface area (Å²) in [5.74, 6) is -1.23. The van der Waals surface area contributed by atoms with Gasteiger partial charge in [-0.1, -0.05) is 11.6 Å². The maximum Gasteiger partial charge on any atom is 0.336 e. The first-order valence-corrected chi connectivity index (χ1v) is 8.74. The molecule has 0 aliphatic rings. The number of carboxylic acid groups (broad SMARTS) is 1. The number of aryl methyl sites for hydroxylation is 1. The number of benzene rings is 2. The van der Waals surface area contributed by atoms with Crippen molar-refractivity contribution in [2.24, 2.45) is 0 Å². The molecule has 5 nitrogen and oxygen atoms in total. The number of aromatic hydroxyl groups is 1. The average Bonchev–Trinajstić information content (AvgIpc) is 2.54. The average molecular weight is 389 g/mol. The third kappa shape index (κ3) is 4.68. The van der Waals surface area contributed by atoms with E-state index in [-0.39, 0.29) is 23.0 Å². The number of rotatable bonds is 6. The molecule has 0 saturated carbocycles. The molecule has 0 atom stereocenters. The Kier molecular flexibility index (Phi) is 6.28. The first-order valence-electron chi connectivity index (χ1n) is 8.37. The predicted octanol–water partition coefficient (Wildman–Crippen LogP) is 5.04. The van der Waals surface area contributed by atoms with Gasteiger partial charge in [-0.05, 0) is 69.7 Å². The Morgan fingerprint density at radius 1 is 1.19 bits per heavy atom. The summed E-state index contributed by atoms with van der Waals surface area (Å²) in [7, 11) is 0. The van der Waals surface area contributed by atoms with Crippen LogP contribution in [-0.4, -0.2) is 28.1 Å². The maximum atomic E-state index is 12.4. The molecule has 142 valence electrons. The van der Waals surface area contributed by atoms with Gasteiger partial charge < -0.3 is 14.9 Å². The second-order valence-electron chi connectivity index (χ2n) is 6.44. The zero-order valence-corrected chi connectivity index (χ0v) is 16.3. The number of aromatic carboxylic acids is 1. The number of hydrogen-bond acceptors (Lipinski definition) is 4. The number of phenolic OH excluding ortho intramolecular Hbond substituents is 1. The van der Waals surface area contributed by atoms with Crippen molar-refractivity contribution in [1.29, 1.82) is 0 Å². The molecule has 0 bridgehead atoms. The Morgan fingerprint density at radius 3 is 2.41 bits per heavy atom. The fourth-order valence-corrected chi connectivity index (χ4v) is 2.98. The van der Waals surface area contributed by atoms with Crippen LogP contribution >= 0.6 is 11.6 Å². The minimum absolute atomic E-state index is 0.123. The highest BCUT2D eigenvalue weighted by Gasteiger charge is 2.19. The third-order valence-corrected chi connectivity index (χ3v) is 4.19. The minimum atomic E-state index is -1.03. The SMILES string of the molecule is Cc1cc(/C=C/C(=O)c2ccc(Cl)cc2O)c(OC(C)C)c(C)c1C(=O)O. The lowest BCUT2D eigenvalue weighted by Gasteiger charge is -2.18. The topological polar surface area (TPSA) is 83.8 Å². The summed E-state index contributed by atoms with van der Waals surface area (Å²) in [6, 6.07) is 5.93. The molecule has 0 radical (unpaired) electrons. The van der Waals surface area contributed by atoms with Crippen LogP contribution in [0.15, 0.2) is 30.3 Å². The summed E-state index contributed by atoms with van der Waals surface area (Å²) < 4.78 is 5.81. The first kappa shape index (κ1) is 20.5. The standard InChI is InChI=1S/C21H21ClO5/c1-11(2)27-20-13(4)19(21(25)26)12(3)9-14(20)5-8-17(23)16-7-6-15(22)10-18(16)24/h5-11,24H,1-4H3,(H,25,26)/b8-5+. The zero-order valence-electron chi connectivity index (χ0n) is 15.5. The lowest BCUT2D eigenvalue weighted by atomic mass is 9.97. The van der Waals surface area contributed by atoms with Crippen LogP contribution in [0.3, 0.4) is 0 Å². The van der Waals surface area contributed by atoms with Gasteiger partial charge in [0.1, 0.15) is 11.5 Å². The van der Waals surface area contributed by atoms with Crippen molar-refractivity contribution in [3.8, 4) is 11.5 Å². The van der Waals surface area contributed by atoms with Crippen LogP contribution in [0.2, 0.25) is 5.02 Å². The Hall–Kier alpha value is -2.79. The smallest absolute Gasteiger partial charge is 0.336 e. The first-order chi connectivity index (χ1) is 12.6. The van der Waals surface area contributed by atoms with Crippen LogP contribution in [0.4, 0.5) is 0 Å². The van der Waals surface area contributed by atoms with Gasteiger partial charge in [-0.2, -0.15) is 0 Å². The molecule has 0 fully saturated rings. The fourth-order valence-electron chi connectivity index (χ4n) is 2.81. The quantitative estimate of drug-likeness (QED) is 0.534. The van der Waals surface area contributed by atoms with Gasteiger partial charge in [-0.15, -0.1) is 0 Å². The van der Waals surface area contributed by atoms with Crippen LogP contribution in [0.25, 0.3) is 6.08 Å². The molecule has 2 aromatic rings. The summed E-state index contributed by atoms with van der Waals surface area (Å²) in [5.41, 5.74) is 1.96. The van der Waals surface area contributed by atoms with Crippen LogP contribution in [0, 0.1) is 13.8 Å². The number of allylic oxidation sites excluding steroid dienone is 1. The summed E-state index contributed by atoms with van der Waals surface area (Å²) >= 11 is 5.79. The Morgan fingerprint density at radius 2 is 1.85 bits per heavy atom. The number of halogens is 1. The predicted molar refractivity (Wildman–Crippen MR) is 105 cm³/mol. The molecule has 0 aromatic heterocycles. The van der Waals surface area contributed by atoms with E-state index in [0.29, 0.717) is 27.5 Å². The zero-order chi connectivity index (χ0) is 20.3. The monoisotopic (exact) mass is 388 g/mol. The molecule has 6 heteroatoms. The van der Waals surface area contributed by atoms with Crippen molar-refractivity contribution in [2.45, 2.75) is 33.8 Å². The van der Waals surface area contributed by atoms with Crippen molar-refractivity contribution in [1.82, 2.24) is 0 Å². The number of phenols is 1. The summed E-state index contributed by atoms with van der Waals surface area (Å²) in [6.45, 7) is 7.05. The lowest BCUT2D eigenvalue weighted by molar-refractivity contribution is 0.0694. The highest BCUT2D eigenvalue weighted by molar-refractivity contribution is 6.31. The van der Waals surface area contributed by atoms with E-state index in [9.17, 15) is 19.8 Å². The van der Waals surface area contributed by atoms with Gasteiger partial charge >= 0.3 is 5.97 Å². The molecule has 0 heterocycles. The highest BCUT2D eigenvalue weighted by atomic mass is 35.5. The summed E-state index contributed by atoms with van der Waals surface area (Å²) in [6.07, 6.45) is 2.70. The van der Waals surface area contributed by atoms with Crippen LogP contribution in [-0.2, 0) is 0 Å². The highest BCUT2D eigenvalue weighted by Crippen LogP contribution is 2.32. The van der Waals surface area contributed by atoms with Gasteiger partial charge in [-0.3, -0.25) is 4.79 Å². The Bertz CT molecular complexity index is 929. The number of carbonyl (C=O) groups is 2. The van der Waals surface area contributed by atoms with E-state index in [0.717, 1.165) is 0 Å². The molecule has 2 N–H and O–H groups in total. The second-order valence-corrected chi connectivity index (χ2v) is 6.88. The number of ketones is 1. The molecule has 0 unspecified atom stereocenters. The van der Waals surface area contributed by atoms with Crippen LogP contribution in [0.1, 0.15) is 51.3 Å². The van der Waals surface area contributed by atoms with E-state index >= 15 is 0 Å². The molecule has 2 aromatic carbocycles. The molecular formula is C21H21ClO5. The number of hydrogen-bond donors (Lipinski definition) is 2. The Labute approximate surface area is 162 Å². The molecular weight excluding hydrogens is 368 g/mol. The van der Waals surface area contributed by atoms with Crippen molar-refractivity contribution < 1.29 is 24.5 Å². The Balaban J connectivity index is 2.49. The van der Waals surface area contributed by atoms with Crippen molar-refractivity contribution in [2.75, 3.05) is 0 Å². The number of carboxylic acids is 1. The molecule has 0 aliphatic carbocycles. The van der Waals surface area contributed by atoms with E-state index in [1.807, 2.05) is 13.8 Å². The van der Waals surface area contributed by atoms with Crippen LogP contribution in [0.5, 0.6) is 11.5 Å². The maximum absolute atomic E-state index is 12.4. The van der Waals surface area contributed by atoms with Crippen molar-refractivity contribution >= 4 is 29.4 Å². The van der Waals surface area contributed by atoms with E-state index in [2.05, 4.69) is 0 Å². The van der Waals surface area contributed by atoms with Crippen molar-refractivity contribution in [3.05, 3.63) is 63.2 Å². The molecule has 0 amide bonds. The summed E-state index contributed by atoms with van der Waals surface area (Å²) in [5, 5.41) is 19.7. The van der Waals surface area contributed by atoms with Crippen molar-refractivity contribution in [3.63, 3.8) is 0 Å². The minimum Gasteiger partial charge on any atom is -0.507 e. The van der Waals surface area contributed by atoms with E-state index < -0.39 is 11.8 Å². The van der Waals surface area contributed by atoms with Gasteiger partial charge in [0, 0.05) is 16.1 Å². The lowest BCUT2D eigenvalue weighted by Crippen LogP contribution is -2.12.